The van der Waals surface area contributed by atoms with E-state index in [4.69, 9.17) is 9.84 Å². The van der Waals surface area contributed by atoms with Crippen LogP contribution in [0.3, 0.4) is 0 Å². The fourth-order valence-electron chi connectivity index (χ4n) is 1.24. The molecule has 0 aliphatic carbocycles. The molecular weight excluding hydrogens is 220 g/mol. The van der Waals surface area contributed by atoms with Crippen LogP contribution in [-0.2, 0) is 0 Å². The van der Waals surface area contributed by atoms with Crippen molar-refractivity contribution in [2.45, 2.75) is 20.0 Å². The third-order valence-corrected chi connectivity index (χ3v) is 2.17. The van der Waals surface area contributed by atoms with Crippen LogP contribution in [0.4, 0.5) is 0 Å². The molecule has 0 aliphatic rings. The fourth-order valence-corrected chi connectivity index (χ4v) is 1.24. The zero-order chi connectivity index (χ0) is 12.8. The van der Waals surface area contributed by atoms with Crippen LogP contribution in [0.15, 0.2) is 6.20 Å². The lowest BCUT2D eigenvalue weighted by Crippen LogP contribution is -2.11. The van der Waals surface area contributed by atoms with Crippen molar-refractivity contribution < 1.29 is 14.9 Å². The standard InChI is InChI=1S/C12H16N2O3/c1-8(2)11(16)10-12(17-3)14-9(7-13-10)5-4-6-15/h7-8,11,15-16H,6H2,1-3H3. The zero-order valence-electron chi connectivity index (χ0n) is 10.1. The number of aliphatic hydroxyl groups excluding tert-OH is 2. The SMILES string of the molecule is COc1nc(C#CCO)cnc1C(O)C(C)C. The Morgan fingerprint density at radius 1 is 1.47 bits per heavy atom. The van der Waals surface area contributed by atoms with Crippen LogP contribution in [0, 0.1) is 17.8 Å². The Labute approximate surface area is 100 Å². The maximum atomic E-state index is 9.92. The van der Waals surface area contributed by atoms with Crippen LogP contribution in [0.25, 0.3) is 0 Å². The molecule has 1 rings (SSSR count). The summed E-state index contributed by atoms with van der Waals surface area (Å²) < 4.78 is 5.07. The van der Waals surface area contributed by atoms with Crippen molar-refractivity contribution in [2.75, 3.05) is 13.7 Å². The summed E-state index contributed by atoms with van der Waals surface area (Å²) in [5.41, 5.74) is 0.799. The summed E-state index contributed by atoms with van der Waals surface area (Å²) in [5.74, 6) is 5.38. The fraction of sp³-hybridized carbons (Fsp3) is 0.500. The molecule has 17 heavy (non-hydrogen) atoms. The molecule has 0 bridgehead atoms. The highest BCUT2D eigenvalue weighted by Gasteiger charge is 2.19. The largest absolute Gasteiger partial charge is 0.480 e. The maximum absolute atomic E-state index is 9.92. The molecule has 92 valence electrons. The van der Waals surface area contributed by atoms with Gasteiger partial charge in [0.05, 0.1) is 13.3 Å². The number of hydrogen-bond acceptors (Lipinski definition) is 5. The van der Waals surface area contributed by atoms with Crippen LogP contribution in [0.5, 0.6) is 5.88 Å². The van der Waals surface area contributed by atoms with E-state index in [1.807, 2.05) is 13.8 Å². The zero-order valence-corrected chi connectivity index (χ0v) is 10.1. The van der Waals surface area contributed by atoms with Crippen LogP contribution in [0.2, 0.25) is 0 Å². The van der Waals surface area contributed by atoms with Gasteiger partial charge in [0.1, 0.15) is 24.1 Å². The monoisotopic (exact) mass is 236 g/mol. The van der Waals surface area contributed by atoms with E-state index in [1.165, 1.54) is 13.3 Å². The summed E-state index contributed by atoms with van der Waals surface area (Å²) in [6, 6.07) is 0. The first-order valence-electron chi connectivity index (χ1n) is 5.28. The van der Waals surface area contributed by atoms with E-state index in [2.05, 4.69) is 21.8 Å². The molecule has 1 aromatic rings. The quantitative estimate of drug-likeness (QED) is 0.748. The lowest BCUT2D eigenvalue weighted by molar-refractivity contribution is 0.118. The second-order valence-corrected chi connectivity index (χ2v) is 3.80. The molecule has 0 amide bonds. The molecule has 0 saturated heterocycles. The third kappa shape index (κ3) is 3.41. The Kier molecular flexibility index (Phi) is 4.88. The van der Waals surface area contributed by atoms with E-state index in [9.17, 15) is 5.11 Å². The van der Waals surface area contributed by atoms with E-state index in [-0.39, 0.29) is 18.4 Å². The summed E-state index contributed by atoms with van der Waals surface area (Å²) in [7, 11) is 1.46. The molecule has 0 aromatic carbocycles. The Bertz CT molecular complexity index is 435. The molecule has 5 nitrogen and oxygen atoms in total. The van der Waals surface area contributed by atoms with Gasteiger partial charge in [0.2, 0.25) is 5.88 Å². The Hall–Kier alpha value is -1.64. The molecule has 1 aromatic heterocycles. The van der Waals surface area contributed by atoms with Crippen molar-refractivity contribution in [3.8, 4) is 17.7 Å². The predicted octanol–water partition coefficient (Wildman–Crippen LogP) is 0.518. The van der Waals surface area contributed by atoms with Gasteiger partial charge in [-0.2, -0.15) is 0 Å². The summed E-state index contributed by atoms with van der Waals surface area (Å²) in [5, 5.41) is 18.5. The van der Waals surface area contributed by atoms with Crippen molar-refractivity contribution in [3.05, 3.63) is 17.6 Å². The summed E-state index contributed by atoms with van der Waals surface area (Å²) in [6.07, 6.45) is 0.726. The van der Waals surface area contributed by atoms with Gasteiger partial charge in [0, 0.05) is 0 Å². The summed E-state index contributed by atoms with van der Waals surface area (Å²) in [4.78, 5) is 8.20. The first kappa shape index (κ1) is 13.4. The van der Waals surface area contributed by atoms with Gasteiger partial charge in [-0.15, -0.1) is 0 Å². The molecule has 0 aliphatic heterocycles. The molecule has 2 N–H and O–H groups in total. The molecule has 5 heteroatoms. The number of nitrogens with zero attached hydrogens (tertiary/aromatic N) is 2. The molecule has 0 radical (unpaired) electrons. The van der Waals surface area contributed by atoms with Gasteiger partial charge in [-0.25, -0.2) is 9.97 Å². The number of rotatable bonds is 3. The smallest absolute Gasteiger partial charge is 0.239 e. The van der Waals surface area contributed by atoms with Gasteiger partial charge < -0.3 is 14.9 Å². The Balaban J connectivity index is 3.09. The first-order chi connectivity index (χ1) is 8.10. The van der Waals surface area contributed by atoms with E-state index in [0.29, 0.717) is 11.4 Å². The highest BCUT2D eigenvalue weighted by molar-refractivity contribution is 5.31. The average Bonchev–Trinajstić information content (AvgIpc) is 2.34. The lowest BCUT2D eigenvalue weighted by atomic mass is 10.0. The summed E-state index contributed by atoms with van der Waals surface area (Å²) in [6.45, 7) is 3.52. The highest BCUT2D eigenvalue weighted by atomic mass is 16.5. The molecule has 1 unspecified atom stereocenters. The maximum Gasteiger partial charge on any atom is 0.239 e. The van der Waals surface area contributed by atoms with Crippen molar-refractivity contribution in [3.63, 3.8) is 0 Å². The highest BCUT2D eigenvalue weighted by Crippen LogP contribution is 2.26. The van der Waals surface area contributed by atoms with Gasteiger partial charge >= 0.3 is 0 Å². The second-order valence-electron chi connectivity index (χ2n) is 3.80. The van der Waals surface area contributed by atoms with Gasteiger partial charge in [0.25, 0.3) is 0 Å². The van der Waals surface area contributed by atoms with E-state index >= 15 is 0 Å². The number of aromatic nitrogens is 2. The van der Waals surface area contributed by atoms with Crippen molar-refractivity contribution in [1.82, 2.24) is 9.97 Å². The molecule has 0 fully saturated rings. The van der Waals surface area contributed by atoms with Gasteiger partial charge in [0.15, 0.2) is 0 Å². The van der Waals surface area contributed by atoms with Crippen LogP contribution in [-0.4, -0.2) is 33.9 Å². The van der Waals surface area contributed by atoms with Crippen molar-refractivity contribution >= 4 is 0 Å². The van der Waals surface area contributed by atoms with E-state index < -0.39 is 6.10 Å². The van der Waals surface area contributed by atoms with Crippen LogP contribution in [0.1, 0.15) is 31.3 Å². The average molecular weight is 236 g/mol. The second kappa shape index (κ2) is 6.18. The minimum Gasteiger partial charge on any atom is -0.480 e. The van der Waals surface area contributed by atoms with Gasteiger partial charge in [-0.3, -0.25) is 0 Å². The van der Waals surface area contributed by atoms with Crippen molar-refractivity contribution in [2.24, 2.45) is 5.92 Å². The number of ether oxygens (including phenoxy) is 1. The van der Waals surface area contributed by atoms with Crippen molar-refractivity contribution in [1.29, 1.82) is 0 Å². The summed E-state index contributed by atoms with van der Waals surface area (Å²) >= 11 is 0. The van der Waals surface area contributed by atoms with Gasteiger partial charge in [-0.05, 0) is 11.8 Å². The Morgan fingerprint density at radius 3 is 2.71 bits per heavy atom. The lowest BCUT2D eigenvalue weighted by Gasteiger charge is -2.15. The number of methoxy groups -OCH3 is 1. The minimum atomic E-state index is -0.725. The molecule has 0 saturated carbocycles. The molecule has 0 spiro atoms. The van der Waals surface area contributed by atoms with E-state index in [1.54, 1.807) is 0 Å². The molecule has 1 heterocycles. The molecular formula is C12H16N2O3. The van der Waals surface area contributed by atoms with E-state index in [0.717, 1.165) is 0 Å². The normalized spacial score (nSPS) is 11.9. The number of aliphatic hydroxyl groups is 2. The molecule has 1 atom stereocenters. The third-order valence-electron chi connectivity index (χ3n) is 2.17. The Morgan fingerprint density at radius 2 is 2.18 bits per heavy atom. The minimum absolute atomic E-state index is 0.0209. The first-order valence-corrected chi connectivity index (χ1v) is 5.28. The van der Waals surface area contributed by atoms with Crippen LogP contribution < -0.4 is 4.74 Å². The number of hydrogen-bond donors (Lipinski definition) is 2. The predicted molar refractivity (Wildman–Crippen MR) is 62.3 cm³/mol. The van der Waals surface area contributed by atoms with Crippen LogP contribution >= 0.6 is 0 Å². The van der Waals surface area contributed by atoms with Gasteiger partial charge in [-0.1, -0.05) is 19.8 Å². The topological polar surface area (TPSA) is 75.5 Å².